The first-order valence-corrected chi connectivity index (χ1v) is 4.99. The zero-order chi connectivity index (χ0) is 13.1. The maximum atomic E-state index is 11.8. The van der Waals surface area contributed by atoms with Crippen LogP contribution in [0.3, 0.4) is 0 Å². The van der Waals surface area contributed by atoms with E-state index in [1.165, 1.54) is 21.1 Å². The Bertz CT molecular complexity index is 414. The first-order chi connectivity index (χ1) is 7.96. The number of nitrogen functional groups attached to an aromatic ring is 1. The van der Waals surface area contributed by atoms with E-state index in [2.05, 4.69) is 9.47 Å². The number of rotatable bonds is 3. The fourth-order valence-corrected chi connectivity index (χ4v) is 1.54. The summed E-state index contributed by atoms with van der Waals surface area (Å²) in [7, 11) is 2.45. The van der Waals surface area contributed by atoms with E-state index in [9.17, 15) is 9.59 Å². The standard InChI is InChI=1S/C12H15NO4.ClH/c1-12(10(14)16-2,11(15)17-3)8-4-6-9(13)7-5-8;/h4-7H,13H2,1-3H3;1H. The van der Waals surface area contributed by atoms with Crippen LogP contribution in [0.15, 0.2) is 24.3 Å². The number of ether oxygens (including phenoxy) is 2. The molecule has 18 heavy (non-hydrogen) atoms. The summed E-state index contributed by atoms with van der Waals surface area (Å²) < 4.78 is 9.30. The second-order valence-corrected chi connectivity index (χ2v) is 3.73. The maximum Gasteiger partial charge on any atom is 0.327 e. The summed E-state index contributed by atoms with van der Waals surface area (Å²) in [5.41, 5.74) is 5.10. The van der Waals surface area contributed by atoms with E-state index in [-0.39, 0.29) is 12.4 Å². The Labute approximate surface area is 112 Å². The molecule has 0 atom stereocenters. The third-order valence-corrected chi connectivity index (χ3v) is 2.68. The van der Waals surface area contributed by atoms with Gasteiger partial charge in [-0.2, -0.15) is 0 Å². The summed E-state index contributed by atoms with van der Waals surface area (Å²) in [6.07, 6.45) is 0. The highest BCUT2D eigenvalue weighted by Gasteiger charge is 2.45. The number of carbonyl (C=O) groups is 2. The first-order valence-electron chi connectivity index (χ1n) is 4.99. The van der Waals surface area contributed by atoms with Crippen LogP contribution >= 0.6 is 12.4 Å². The molecule has 6 heteroatoms. The molecule has 0 aliphatic heterocycles. The highest BCUT2D eigenvalue weighted by Crippen LogP contribution is 2.27. The van der Waals surface area contributed by atoms with E-state index < -0.39 is 17.4 Å². The van der Waals surface area contributed by atoms with Gasteiger partial charge in [-0.25, -0.2) is 0 Å². The third-order valence-electron chi connectivity index (χ3n) is 2.68. The zero-order valence-electron chi connectivity index (χ0n) is 10.4. The third kappa shape index (κ3) is 2.73. The van der Waals surface area contributed by atoms with Crippen molar-refractivity contribution in [3.05, 3.63) is 29.8 Å². The van der Waals surface area contributed by atoms with Gasteiger partial charge in [0.1, 0.15) is 0 Å². The lowest BCUT2D eigenvalue weighted by molar-refractivity contribution is -0.160. The Kier molecular flexibility index (Phi) is 5.65. The summed E-state index contributed by atoms with van der Waals surface area (Å²) in [4.78, 5) is 23.5. The van der Waals surface area contributed by atoms with Crippen molar-refractivity contribution < 1.29 is 19.1 Å². The molecule has 1 rings (SSSR count). The highest BCUT2D eigenvalue weighted by molar-refractivity contribution is 6.05. The van der Waals surface area contributed by atoms with Gasteiger partial charge in [0.05, 0.1) is 14.2 Å². The summed E-state index contributed by atoms with van der Waals surface area (Å²) in [6, 6.07) is 6.42. The molecule has 0 radical (unpaired) electrons. The van der Waals surface area contributed by atoms with Crippen LogP contribution in [-0.4, -0.2) is 26.2 Å². The molecule has 0 bridgehead atoms. The van der Waals surface area contributed by atoms with Crippen molar-refractivity contribution >= 4 is 30.0 Å². The summed E-state index contributed by atoms with van der Waals surface area (Å²) in [5, 5.41) is 0. The van der Waals surface area contributed by atoms with Crippen LogP contribution in [0, 0.1) is 0 Å². The van der Waals surface area contributed by atoms with Gasteiger partial charge >= 0.3 is 11.9 Å². The number of methoxy groups -OCH3 is 2. The smallest absolute Gasteiger partial charge is 0.327 e. The van der Waals surface area contributed by atoms with Crippen molar-refractivity contribution in [3.8, 4) is 0 Å². The molecule has 0 amide bonds. The van der Waals surface area contributed by atoms with Crippen LogP contribution in [0.2, 0.25) is 0 Å². The van der Waals surface area contributed by atoms with E-state index >= 15 is 0 Å². The quantitative estimate of drug-likeness (QED) is 0.510. The van der Waals surface area contributed by atoms with Crippen LogP contribution in [0.4, 0.5) is 5.69 Å². The van der Waals surface area contributed by atoms with Crippen LogP contribution < -0.4 is 5.73 Å². The van der Waals surface area contributed by atoms with Gasteiger partial charge in [0, 0.05) is 5.69 Å². The fraction of sp³-hybridized carbons (Fsp3) is 0.333. The number of esters is 2. The van der Waals surface area contributed by atoms with Crippen LogP contribution in [0.25, 0.3) is 0 Å². The van der Waals surface area contributed by atoms with Gasteiger partial charge in [-0.15, -0.1) is 12.4 Å². The molecule has 5 nitrogen and oxygen atoms in total. The molecular weight excluding hydrogens is 258 g/mol. The maximum absolute atomic E-state index is 11.8. The van der Waals surface area contributed by atoms with Crippen molar-refractivity contribution in [2.24, 2.45) is 0 Å². The lowest BCUT2D eigenvalue weighted by Gasteiger charge is -2.24. The molecule has 0 saturated carbocycles. The molecule has 0 aliphatic rings. The largest absolute Gasteiger partial charge is 0.468 e. The fourth-order valence-electron chi connectivity index (χ4n) is 1.54. The Morgan fingerprint density at radius 1 is 1.06 bits per heavy atom. The van der Waals surface area contributed by atoms with Gasteiger partial charge in [0.15, 0.2) is 5.41 Å². The topological polar surface area (TPSA) is 78.6 Å². The van der Waals surface area contributed by atoms with Gasteiger partial charge in [-0.3, -0.25) is 9.59 Å². The Morgan fingerprint density at radius 3 is 1.78 bits per heavy atom. The molecule has 100 valence electrons. The number of nitrogens with two attached hydrogens (primary N) is 1. The van der Waals surface area contributed by atoms with Gasteiger partial charge in [-0.05, 0) is 24.6 Å². The molecule has 0 fully saturated rings. The molecule has 0 aromatic heterocycles. The van der Waals surface area contributed by atoms with E-state index in [0.29, 0.717) is 11.3 Å². The Balaban J connectivity index is 0.00000289. The molecule has 1 aromatic rings. The lowest BCUT2D eigenvalue weighted by atomic mass is 9.82. The number of benzene rings is 1. The predicted molar refractivity (Wildman–Crippen MR) is 69.5 cm³/mol. The summed E-state index contributed by atoms with van der Waals surface area (Å²) >= 11 is 0. The SMILES string of the molecule is COC(=O)C(C)(C(=O)OC)c1ccc(N)cc1.Cl. The summed E-state index contributed by atoms with van der Waals surface area (Å²) in [5.74, 6) is -1.34. The summed E-state index contributed by atoms with van der Waals surface area (Å²) in [6.45, 7) is 1.45. The average Bonchev–Trinajstić information content (AvgIpc) is 2.36. The van der Waals surface area contributed by atoms with Gasteiger partial charge in [0.2, 0.25) is 0 Å². The second-order valence-electron chi connectivity index (χ2n) is 3.73. The molecule has 0 unspecified atom stereocenters. The van der Waals surface area contributed by atoms with Crippen molar-refractivity contribution in [1.29, 1.82) is 0 Å². The number of carbonyl (C=O) groups excluding carboxylic acids is 2. The predicted octanol–water partition coefficient (Wildman–Crippen LogP) is 1.29. The van der Waals surface area contributed by atoms with Crippen LogP contribution in [-0.2, 0) is 24.5 Å². The van der Waals surface area contributed by atoms with E-state index in [4.69, 9.17) is 5.73 Å². The van der Waals surface area contributed by atoms with Crippen LogP contribution in [0.5, 0.6) is 0 Å². The monoisotopic (exact) mass is 273 g/mol. The van der Waals surface area contributed by atoms with E-state index in [1.54, 1.807) is 24.3 Å². The zero-order valence-corrected chi connectivity index (χ0v) is 11.2. The average molecular weight is 274 g/mol. The number of hydrogen-bond acceptors (Lipinski definition) is 5. The second kappa shape index (κ2) is 6.26. The van der Waals surface area contributed by atoms with Gasteiger partial charge in [-0.1, -0.05) is 12.1 Å². The van der Waals surface area contributed by atoms with Gasteiger partial charge in [0.25, 0.3) is 0 Å². The van der Waals surface area contributed by atoms with Crippen molar-refractivity contribution in [3.63, 3.8) is 0 Å². The van der Waals surface area contributed by atoms with Crippen molar-refractivity contribution in [2.45, 2.75) is 12.3 Å². The highest BCUT2D eigenvalue weighted by atomic mass is 35.5. The van der Waals surface area contributed by atoms with Crippen LogP contribution in [0.1, 0.15) is 12.5 Å². The van der Waals surface area contributed by atoms with Crippen molar-refractivity contribution in [1.82, 2.24) is 0 Å². The number of hydrogen-bond donors (Lipinski definition) is 1. The molecule has 0 heterocycles. The molecule has 0 spiro atoms. The molecular formula is C12H16ClNO4. The Hall–Kier alpha value is -1.75. The lowest BCUT2D eigenvalue weighted by Crippen LogP contribution is -2.42. The molecule has 2 N–H and O–H groups in total. The van der Waals surface area contributed by atoms with E-state index in [0.717, 1.165) is 0 Å². The molecule has 0 aliphatic carbocycles. The molecule has 0 saturated heterocycles. The normalized spacial score (nSPS) is 10.2. The molecule has 1 aromatic carbocycles. The number of halogens is 1. The first kappa shape index (κ1) is 16.2. The minimum absolute atomic E-state index is 0. The minimum atomic E-state index is -1.48. The number of anilines is 1. The van der Waals surface area contributed by atoms with Gasteiger partial charge < -0.3 is 15.2 Å². The Morgan fingerprint density at radius 2 is 1.44 bits per heavy atom. The van der Waals surface area contributed by atoms with Crippen molar-refractivity contribution in [2.75, 3.05) is 20.0 Å². The minimum Gasteiger partial charge on any atom is -0.468 e. The van der Waals surface area contributed by atoms with E-state index in [1.807, 2.05) is 0 Å².